The minimum absolute atomic E-state index is 0.0430. The van der Waals surface area contributed by atoms with Gasteiger partial charge in [-0.05, 0) is 60.7 Å². The summed E-state index contributed by atoms with van der Waals surface area (Å²) in [4.78, 5) is 15.2. The Kier molecular flexibility index (Phi) is 7.24. The quantitative estimate of drug-likeness (QED) is 0.347. The standard InChI is InChI=1S/C34H53N3O2Si/c1-21(2)28-26-27(25-23(37-28)17-33(9,10)18-24(25)39-40(11,12)32(6,7)8)34(15-13-14-16-34)38-29(26)22-19-35-30(36-20-22)31(3,4)5/h19-21,24,29H,13-18H2,1-12H3. The second-order valence-corrected chi connectivity index (χ2v) is 21.3. The van der Waals surface area contributed by atoms with Gasteiger partial charge in [0.05, 0.1) is 11.7 Å². The number of rotatable bonds is 4. The van der Waals surface area contributed by atoms with Crippen molar-refractivity contribution >= 4 is 8.32 Å². The molecule has 220 valence electrons. The van der Waals surface area contributed by atoms with Crippen LogP contribution in [-0.4, -0.2) is 23.3 Å². The summed E-state index contributed by atoms with van der Waals surface area (Å²) in [7, 11) is -2.04. The van der Waals surface area contributed by atoms with E-state index in [9.17, 15) is 0 Å². The highest BCUT2D eigenvalue weighted by Gasteiger charge is 2.54. The zero-order valence-electron chi connectivity index (χ0n) is 27.3. The average Bonchev–Trinajstić information content (AvgIpc) is 3.41. The first-order valence-electron chi connectivity index (χ1n) is 15.6. The zero-order chi connectivity index (χ0) is 29.5. The summed E-state index contributed by atoms with van der Waals surface area (Å²) in [6, 6.07) is 0. The molecule has 0 N–H and O–H groups in total. The molecule has 2 aromatic heterocycles. The Morgan fingerprint density at radius 2 is 1.57 bits per heavy atom. The van der Waals surface area contributed by atoms with Crippen LogP contribution in [0.15, 0.2) is 12.4 Å². The predicted molar refractivity (Wildman–Crippen MR) is 165 cm³/mol. The molecule has 3 aliphatic rings. The molecule has 0 aromatic carbocycles. The normalized spacial score (nSPS) is 24.0. The van der Waals surface area contributed by atoms with Gasteiger partial charge >= 0.3 is 0 Å². The van der Waals surface area contributed by atoms with Crippen LogP contribution >= 0.6 is 0 Å². The van der Waals surface area contributed by atoms with Crippen LogP contribution in [0.1, 0.15) is 159 Å². The summed E-state index contributed by atoms with van der Waals surface area (Å²) in [6.45, 7) is 27.6. The van der Waals surface area contributed by atoms with E-state index < -0.39 is 8.32 Å². The molecular weight excluding hydrogens is 510 g/mol. The largest absolute Gasteiger partial charge is 0.410 e. The molecule has 1 saturated carbocycles. The van der Waals surface area contributed by atoms with Gasteiger partial charge in [0.2, 0.25) is 0 Å². The molecule has 2 atom stereocenters. The highest BCUT2D eigenvalue weighted by Crippen LogP contribution is 2.60. The molecule has 0 radical (unpaired) electrons. The van der Waals surface area contributed by atoms with E-state index >= 15 is 0 Å². The molecule has 40 heavy (non-hydrogen) atoms. The third kappa shape index (κ3) is 5.11. The second kappa shape index (κ2) is 9.70. The zero-order valence-corrected chi connectivity index (χ0v) is 28.3. The Morgan fingerprint density at radius 1 is 0.975 bits per heavy atom. The van der Waals surface area contributed by atoms with E-state index in [4.69, 9.17) is 24.1 Å². The van der Waals surface area contributed by atoms with Gasteiger partial charge in [-0.25, -0.2) is 9.97 Å². The van der Waals surface area contributed by atoms with Gasteiger partial charge in [0.1, 0.15) is 11.9 Å². The summed E-state index contributed by atoms with van der Waals surface area (Å²) in [5.41, 5.74) is 7.30. The molecule has 0 bridgehead atoms. The Hall–Kier alpha value is -1.63. The Bertz CT molecular complexity index is 1260. The topological polar surface area (TPSA) is 57.1 Å². The van der Waals surface area contributed by atoms with Gasteiger partial charge < -0.3 is 9.16 Å². The van der Waals surface area contributed by atoms with Crippen LogP contribution in [0, 0.1) is 5.41 Å². The van der Waals surface area contributed by atoms with Crippen molar-refractivity contribution < 1.29 is 9.16 Å². The van der Waals surface area contributed by atoms with Crippen LogP contribution in [0.5, 0.6) is 0 Å². The summed E-state index contributed by atoms with van der Waals surface area (Å²) in [5, 5.41) is 0.138. The molecular formula is C34H53N3O2Si. The number of hydrogen-bond donors (Lipinski definition) is 0. The van der Waals surface area contributed by atoms with Gasteiger partial charge in [-0.1, -0.05) is 82.1 Å². The molecule has 1 spiro atoms. The molecule has 2 aliphatic carbocycles. The van der Waals surface area contributed by atoms with Gasteiger partial charge in [0.25, 0.3) is 0 Å². The monoisotopic (exact) mass is 563 g/mol. The molecule has 6 heteroatoms. The average molecular weight is 564 g/mol. The third-order valence-electron chi connectivity index (χ3n) is 9.99. The van der Waals surface area contributed by atoms with Crippen molar-refractivity contribution in [2.75, 3.05) is 0 Å². The maximum atomic E-state index is 7.35. The van der Waals surface area contributed by atoms with Crippen molar-refractivity contribution in [2.24, 2.45) is 5.41 Å². The van der Waals surface area contributed by atoms with Crippen molar-refractivity contribution in [3.63, 3.8) is 0 Å². The van der Waals surface area contributed by atoms with Crippen LogP contribution in [0.2, 0.25) is 18.1 Å². The van der Waals surface area contributed by atoms with Gasteiger partial charge in [-0.2, -0.15) is 0 Å². The molecule has 5 nitrogen and oxygen atoms in total. The number of aromatic nitrogens is 3. The summed E-state index contributed by atoms with van der Waals surface area (Å²) in [5.74, 6) is 1.16. The van der Waals surface area contributed by atoms with Crippen LogP contribution < -0.4 is 0 Å². The van der Waals surface area contributed by atoms with E-state index in [0.717, 1.165) is 37.1 Å². The van der Waals surface area contributed by atoms with Crippen LogP contribution in [0.25, 0.3) is 0 Å². The van der Waals surface area contributed by atoms with Crippen LogP contribution in [-0.2, 0) is 26.6 Å². The number of pyridine rings is 1. The van der Waals surface area contributed by atoms with Crippen molar-refractivity contribution in [1.82, 2.24) is 15.0 Å². The number of fused-ring (bicyclic) bond motifs is 4. The molecule has 2 unspecified atom stereocenters. The second-order valence-electron chi connectivity index (χ2n) is 16.5. The molecule has 3 heterocycles. The van der Waals surface area contributed by atoms with E-state index in [1.165, 1.54) is 40.9 Å². The van der Waals surface area contributed by atoms with E-state index in [2.05, 4.69) is 82.3 Å². The van der Waals surface area contributed by atoms with Crippen molar-refractivity contribution in [3.05, 3.63) is 51.9 Å². The van der Waals surface area contributed by atoms with Crippen molar-refractivity contribution in [2.45, 2.75) is 155 Å². The lowest BCUT2D eigenvalue weighted by atomic mass is 9.70. The first kappa shape index (κ1) is 29.8. The number of nitrogens with zero attached hydrogens (tertiary/aromatic N) is 3. The number of ether oxygens (including phenoxy) is 1. The van der Waals surface area contributed by atoms with Crippen LogP contribution in [0.3, 0.4) is 0 Å². The fourth-order valence-corrected chi connectivity index (χ4v) is 8.14. The lowest BCUT2D eigenvalue weighted by Crippen LogP contribution is -2.44. The van der Waals surface area contributed by atoms with Crippen molar-refractivity contribution in [1.29, 1.82) is 0 Å². The Balaban J connectivity index is 1.75. The number of hydrogen-bond acceptors (Lipinski definition) is 5. The Morgan fingerprint density at radius 3 is 2.10 bits per heavy atom. The maximum Gasteiger partial charge on any atom is 0.192 e. The van der Waals surface area contributed by atoms with Gasteiger partial charge in [0.15, 0.2) is 8.32 Å². The van der Waals surface area contributed by atoms with E-state index in [0.29, 0.717) is 5.92 Å². The maximum absolute atomic E-state index is 7.35. The molecule has 0 saturated heterocycles. The highest BCUT2D eigenvalue weighted by atomic mass is 28.4. The fraction of sp³-hybridized carbons (Fsp3) is 0.735. The third-order valence-corrected chi connectivity index (χ3v) is 14.5. The lowest BCUT2D eigenvalue weighted by Gasteiger charge is -2.45. The first-order chi connectivity index (χ1) is 18.4. The van der Waals surface area contributed by atoms with Gasteiger partial charge in [-0.3, -0.25) is 4.98 Å². The summed E-state index contributed by atoms with van der Waals surface area (Å²) in [6.07, 6.45) is 10.4. The Labute approximate surface area is 244 Å². The molecule has 5 rings (SSSR count). The predicted octanol–water partition coefficient (Wildman–Crippen LogP) is 9.22. The molecule has 1 fully saturated rings. The summed E-state index contributed by atoms with van der Waals surface area (Å²) < 4.78 is 14.6. The van der Waals surface area contributed by atoms with Crippen LogP contribution in [0.4, 0.5) is 0 Å². The van der Waals surface area contributed by atoms with E-state index in [1.807, 2.05) is 12.4 Å². The smallest absolute Gasteiger partial charge is 0.192 e. The highest BCUT2D eigenvalue weighted by molar-refractivity contribution is 6.74. The van der Waals surface area contributed by atoms with E-state index in [-0.39, 0.29) is 33.7 Å². The van der Waals surface area contributed by atoms with E-state index in [1.54, 1.807) is 0 Å². The van der Waals surface area contributed by atoms with Gasteiger partial charge in [0, 0.05) is 45.9 Å². The fourth-order valence-electron chi connectivity index (χ4n) is 6.88. The molecule has 1 aliphatic heterocycles. The SMILES string of the molecule is CC(C)c1nc2c(c3c1C(c1cnc(C(C)(C)C)nc1)OC31CCCC1)C(O[Si](C)(C)C(C)(C)C)CC(C)(C)C2. The lowest BCUT2D eigenvalue weighted by molar-refractivity contribution is -0.0581. The first-order valence-corrected chi connectivity index (χ1v) is 18.5. The summed E-state index contributed by atoms with van der Waals surface area (Å²) >= 11 is 0. The minimum atomic E-state index is -2.04. The molecule has 2 aromatic rings. The van der Waals surface area contributed by atoms with Gasteiger partial charge in [-0.15, -0.1) is 0 Å². The van der Waals surface area contributed by atoms with Crippen molar-refractivity contribution in [3.8, 4) is 0 Å². The minimum Gasteiger partial charge on any atom is -0.410 e. The molecule has 0 amide bonds.